The molecule has 0 aromatic heterocycles. The van der Waals surface area contributed by atoms with Crippen LogP contribution < -0.4 is 0 Å². The molecule has 0 unspecified atom stereocenters. The minimum atomic E-state index is -1.31. The van der Waals surface area contributed by atoms with Gasteiger partial charge in [0.2, 0.25) is 0 Å². The predicted molar refractivity (Wildman–Crippen MR) is 37.3 cm³/mol. The summed E-state index contributed by atoms with van der Waals surface area (Å²) in [5.74, 6) is 0.166. The summed E-state index contributed by atoms with van der Waals surface area (Å²) in [6.45, 7) is 2.11. The SMILES string of the molecule is CCCC[C@H]1C[C@@]1(F)Cl. The third-order valence-electron chi connectivity index (χ3n) is 1.86. The van der Waals surface area contributed by atoms with E-state index in [9.17, 15) is 4.39 Å². The van der Waals surface area contributed by atoms with Crippen LogP contribution in [0.5, 0.6) is 0 Å². The zero-order chi connectivity index (χ0) is 6.91. The van der Waals surface area contributed by atoms with Gasteiger partial charge in [-0.2, -0.15) is 0 Å². The van der Waals surface area contributed by atoms with E-state index in [1.807, 2.05) is 0 Å². The highest BCUT2D eigenvalue weighted by atomic mass is 35.5. The van der Waals surface area contributed by atoms with Gasteiger partial charge in [-0.3, -0.25) is 0 Å². The summed E-state index contributed by atoms with van der Waals surface area (Å²) in [5.41, 5.74) is 0. The van der Waals surface area contributed by atoms with Crippen molar-refractivity contribution in [3.05, 3.63) is 0 Å². The molecule has 0 heterocycles. The van der Waals surface area contributed by atoms with Crippen molar-refractivity contribution >= 4 is 11.6 Å². The lowest BCUT2D eigenvalue weighted by Gasteiger charge is -1.94. The molecule has 2 heteroatoms. The van der Waals surface area contributed by atoms with Crippen LogP contribution in [0.2, 0.25) is 0 Å². The topological polar surface area (TPSA) is 0 Å². The van der Waals surface area contributed by atoms with Crippen LogP contribution in [-0.4, -0.2) is 5.13 Å². The van der Waals surface area contributed by atoms with Crippen molar-refractivity contribution in [1.29, 1.82) is 0 Å². The molecule has 0 N–H and O–H groups in total. The van der Waals surface area contributed by atoms with Crippen molar-refractivity contribution in [1.82, 2.24) is 0 Å². The van der Waals surface area contributed by atoms with E-state index in [1.54, 1.807) is 0 Å². The second-order valence-corrected chi connectivity index (χ2v) is 3.43. The van der Waals surface area contributed by atoms with Crippen molar-refractivity contribution in [3.8, 4) is 0 Å². The van der Waals surface area contributed by atoms with Gasteiger partial charge >= 0.3 is 0 Å². The average molecular weight is 151 g/mol. The second kappa shape index (κ2) is 2.45. The van der Waals surface area contributed by atoms with Crippen LogP contribution in [0, 0.1) is 5.92 Å². The third kappa shape index (κ3) is 1.82. The summed E-state index contributed by atoms with van der Waals surface area (Å²) in [4.78, 5) is 0. The van der Waals surface area contributed by atoms with Crippen LogP contribution in [-0.2, 0) is 0 Å². The van der Waals surface area contributed by atoms with Gasteiger partial charge in [-0.05, 0) is 6.42 Å². The Bertz CT molecular complexity index is 101. The monoisotopic (exact) mass is 150 g/mol. The summed E-state index contributed by atoms with van der Waals surface area (Å²) >= 11 is 5.38. The first-order valence-electron chi connectivity index (χ1n) is 3.54. The van der Waals surface area contributed by atoms with Crippen LogP contribution >= 0.6 is 11.6 Å². The van der Waals surface area contributed by atoms with Crippen LogP contribution in [0.4, 0.5) is 4.39 Å². The molecule has 0 spiro atoms. The lowest BCUT2D eigenvalue weighted by atomic mass is 10.2. The molecule has 0 saturated heterocycles. The Morgan fingerprint density at radius 2 is 2.33 bits per heavy atom. The molecule has 1 saturated carbocycles. The number of hydrogen-bond donors (Lipinski definition) is 0. The Morgan fingerprint density at radius 1 is 1.78 bits per heavy atom. The molecule has 0 amide bonds. The van der Waals surface area contributed by atoms with Gasteiger partial charge in [-0.25, -0.2) is 4.39 Å². The predicted octanol–water partition coefficient (Wildman–Crippen LogP) is 3.10. The van der Waals surface area contributed by atoms with E-state index in [-0.39, 0.29) is 5.92 Å². The molecule has 1 fully saturated rings. The lowest BCUT2D eigenvalue weighted by molar-refractivity contribution is 0.384. The van der Waals surface area contributed by atoms with Crippen molar-refractivity contribution < 1.29 is 4.39 Å². The highest BCUT2D eigenvalue weighted by molar-refractivity contribution is 6.24. The van der Waals surface area contributed by atoms with Crippen LogP contribution in [0.15, 0.2) is 0 Å². The quantitative estimate of drug-likeness (QED) is 0.543. The van der Waals surface area contributed by atoms with Gasteiger partial charge < -0.3 is 0 Å². The van der Waals surface area contributed by atoms with Gasteiger partial charge in [-0.1, -0.05) is 31.4 Å². The molecule has 0 aromatic rings. The van der Waals surface area contributed by atoms with E-state index in [4.69, 9.17) is 11.6 Å². The Labute approximate surface area is 60.4 Å². The maximum absolute atomic E-state index is 12.6. The second-order valence-electron chi connectivity index (χ2n) is 2.80. The maximum Gasteiger partial charge on any atom is 0.187 e. The van der Waals surface area contributed by atoms with Gasteiger partial charge in [0.25, 0.3) is 0 Å². The largest absolute Gasteiger partial charge is 0.226 e. The number of rotatable bonds is 3. The third-order valence-corrected chi connectivity index (χ3v) is 2.32. The van der Waals surface area contributed by atoms with Crippen molar-refractivity contribution in [3.63, 3.8) is 0 Å². The summed E-state index contributed by atoms with van der Waals surface area (Å²) in [6, 6.07) is 0. The first-order valence-corrected chi connectivity index (χ1v) is 3.92. The Morgan fingerprint density at radius 3 is 2.67 bits per heavy atom. The Hall–Kier alpha value is 0.220. The lowest BCUT2D eigenvalue weighted by Crippen LogP contribution is -1.90. The van der Waals surface area contributed by atoms with E-state index in [2.05, 4.69) is 6.92 Å². The van der Waals surface area contributed by atoms with Gasteiger partial charge in [0.1, 0.15) is 0 Å². The van der Waals surface area contributed by atoms with E-state index < -0.39 is 5.13 Å². The molecule has 1 aliphatic carbocycles. The fourth-order valence-corrected chi connectivity index (χ4v) is 1.33. The average Bonchev–Trinajstić information content (AvgIpc) is 2.35. The molecular weight excluding hydrogens is 139 g/mol. The summed E-state index contributed by atoms with van der Waals surface area (Å²) < 4.78 is 12.6. The standard InChI is InChI=1S/C7H12ClF/c1-2-3-4-6-5-7(6,8)9/h6H,2-5H2,1H3/t6-,7-/m0/s1. The smallest absolute Gasteiger partial charge is 0.187 e. The highest BCUT2D eigenvalue weighted by Gasteiger charge is 2.53. The normalized spacial score (nSPS) is 41.0. The number of unbranched alkanes of at least 4 members (excludes halogenated alkanes) is 1. The zero-order valence-corrected chi connectivity index (χ0v) is 6.42. The fraction of sp³-hybridized carbons (Fsp3) is 1.00. The molecule has 2 atom stereocenters. The molecule has 0 aliphatic heterocycles. The summed E-state index contributed by atoms with van der Waals surface area (Å²) in [7, 11) is 0. The molecule has 0 aromatic carbocycles. The Kier molecular flexibility index (Phi) is 2.00. The van der Waals surface area contributed by atoms with E-state index in [0.717, 1.165) is 19.3 Å². The zero-order valence-electron chi connectivity index (χ0n) is 5.66. The van der Waals surface area contributed by atoms with Crippen molar-refractivity contribution in [2.45, 2.75) is 37.7 Å². The van der Waals surface area contributed by atoms with Gasteiger partial charge in [0.15, 0.2) is 5.13 Å². The molecule has 9 heavy (non-hydrogen) atoms. The molecule has 0 radical (unpaired) electrons. The van der Waals surface area contributed by atoms with Crippen LogP contribution in [0.25, 0.3) is 0 Å². The minimum Gasteiger partial charge on any atom is -0.226 e. The van der Waals surface area contributed by atoms with Crippen LogP contribution in [0.1, 0.15) is 32.6 Å². The first kappa shape index (κ1) is 7.33. The van der Waals surface area contributed by atoms with Crippen molar-refractivity contribution in [2.75, 3.05) is 0 Å². The van der Waals surface area contributed by atoms with Gasteiger partial charge in [0, 0.05) is 12.3 Å². The molecular formula is C7H12ClF. The summed E-state index contributed by atoms with van der Waals surface area (Å²) in [5, 5.41) is -1.31. The highest BCUT2D eigenvalue weighted by Crippen LogP contribution is 2.53. The molecule has 1 aliphatic rings. The number of alkyl halides is 2. The van der Waals surface area contributed by atoms with Crippen LogP contribution in [0.3, 0.4) is 0 Å². The Balaban J connectivity index is 2.06. The van der Waals surface area contributed by atoms with E-state index in [0.29, 0.717) is 6.42 Å². The van der Waals surface area contributed by atoms with Crippen molar-refractivity contribution in [2.24, 2.45) is 5.92 Å². The van der Waals surface area contributed by atoms with Gasteiger partial charge in [-0.15, -0.1) is 0 Å². The van der Waals surface area contributed by atoms with Gasteiger partial charge in [0.05, 0.1) is 0 Å². The van der Waals surface area contributed by atoms with E-state index in [1.165, 1.54) is 0 Å². The first-order chi connectivity index (χ1) is 4.17. The number of halogens is 2. The van der Waals surface area contributed by atoms with E-state index >= 15 is 0 Å². The molecule has 54 valence electrons. The minimum absolute atomic E-state index is 0.166. The molecule has 1 rings (SSSR count). The maximum atomic E-state index is 12.6. The fourth-order valence-electron chi connectivity index (χ4n) is 1.03. The summed E-state index contributed by atoms with van der Waals surface area (Å²) in [6.07, 6.45) is 3.80. The molecule has 0 bridgehead atoms. The molecule has 0 nitrogen and oxygen atoms in total. The number of hydrogen-bond acceptors (Lipinski definition) is 0.